The predicted octanol–water partition coefficient (Wildman–Crippen LogP) is 4.69. The Morgan fingerprint density at radius 3 is 2.44 bits per heavy atom. The van der Waals surface area contributed by atoms with Crippen molar-refractivity contribution in [1.82, 2.24) is 4.98 Å². The number of amidine groups is 1. The molecule has 4 rings (SSSR count). The van der Waals surface area contributed by atoms with Gasteiger partial charge in [0.05, 0.1) is 11.2 Å². The summed E-state index contributed by atoms with van der Waals surface area (Å²) in [6, 6.07) is 18.5. The first-order valence-electron chi connectivity index (χ1n) is 8.45. The van der Waals surface area contributed by atoms with Crippen LogP contribution in [0.15, 0.2) is 75.7 Å². The molecule has 0 saturated heterocycles. The number of aromatic amines is 1. The Hall–Kier alpha value is -3.80. The van der Waals surface area contributed by atoms with Crippen molar-refractivity contribution >= 4 is 38.9 Å². The number of nitrogens with one attached hydrogen (secondary N) is 2. The Bertz CT molecular complexity index is 1270. The van der Waals surface area contributed by atoms with E-state index in [2.05, 4.69) is 15.2 Å². The van der Waals surface area contributed by atoms with E-state index in [0.29, 0.717) is 22.3 Å². The molecule has 1 aromatic heterocycles. The van der Waals surface area contributed by atoms with Crippen LogP contribution < -0.4 is 11.2 Å². The number of fused-ring (bicyclic) bond motifs is 3. The number of aryl methyl sites for hydroxylation is 1. The van der Waals surface area contributed by atoms with E-state index in [9.17, 15) is 4.79 Å². The molecule has 3 aromatic carbocycles. The van der Waals surface area contributed by atoms with Crippen LogP contribution in [-0.2, 0) is 0 Å². The van der Waals surface area contributed by atoms with Gasteiger partial charge in [0.1, 0.15) is 5.84 Å². The van der Waals surface area contributed by atoms with Gasteiger partial charge in [0.15, 0.2) is 5.69 Å². The van der Waals surface area contributed by atoms with Crippen molar-refractivity contribution in [3.63, 3.8) is 0 Å². The first kappa shape index (κ1) is 16.7. The van der Waals surface area contributed by atoms with Gasteiger partial charge in [-0.25, -0.2) is 0 Å². The lowest BCUT2D eigenvalue weighted by Gasteiger charge is -2.07. The third-order valence-electron chi connectivity index (χ3n) is 4.50. The van der Waals surface area contributed by atoms with Crippen molar-refractivity contribution in [2.24, 2.45) is 16.0 Å². The van der Waals surface area contributed by atoms with Crippen LogP contribution >= 0.6 is 0 Å². The molecule has 0 radical (unpaired) electrons. The number of nitrogens with zero attached hydrogens (tertiary/aromatic N) is 2. The molecule has 4 N–H and O–H groups in total. The van der Waals surface area contributed by atoms with Gasteiger partial charge in [-0.15, -0.1) is 5.11 Å². The Balaban J connectivity index is 1.81. The van der Waals surface area contributed by atoms with E-state index in [1.165, 1.54) is 0 Å². The fourth-order valence-electron chi connectivity index (χ4n) is 3.08. The molecule has 0 aliphatic carbocycles. The summed E-state index contributed by atoms with van der Waals surface area (Å²) in [5.41, 5.74) is 8.23. The molecule has 0 bridgehead atoms. The molecule has 1 heterocycles. The summed E-state index contributed by atoms with van der Waals surface area (Å²) in [6.45, 7) is 1.82. The maximum atomic E-state index is 12.9. The van der Waals surface area contributed by atoms with Crippen molar-refractivity contribution in [1.29, 1.82) is 5.41 Å². The Labute approximate surface area is 154 Å². The summed E-state index contributed by atoms with van der Waals surface area (Å²) < 4.78 is 0. The van der Waals surface area contributed by atoms with Crippen molar-refractivity contribution in [2.75, 3.05) is 0 Å². The second kappa shape index (κ2) is 6.49. The van der Waals surface area contributed by atoms with Crippen LogP contribution in [0.5, 0.6) is 0 Å². The molecule has 0 atom stereocenters. The molecule has 27 heavy (non-hydrogen) atoms. The highest BCUT2D eigenvalue weighted by Gasteiger charge is 2.11. The minimum Gasteiger partial charge on any atom is -0.384 e. The molecular formula is C21H17N5O. The molecule has 0 fully saturated rings. The summed E-state index contributed by atoms with van der Waals surface area (Å²) in [5, 5.41) is 18.4. The fourth-order valence-corrected chi connectivity index (χ4v) is 3.08. The smallest absolute Gasteiger partial charge is 0.217 e. The third kappa shape index (κ3) is 2.97. The van der Waals surface area contributed by atoms with Crippen LogP contribution in [0.4, 0.5) is 11.4 Å². The van der Waals surface area contributed by atoms with Gasteiger partial charge >= 0.3 is 0 Å². The normalized spacial score (nSPS) is 11.4. The fraction of sp³-hybridized carbons (Fsp3) is 0.0476. The first-order valence-corrected chi connectivity index (χ1v) is 8.45. The monoisotopic (exact) mass is 355 g/mol. The van der Waals surface area contributed by atoms with E-state index in [-0.39, 0.29) is 17.0 Å². The second-order valence-corrected chi connectivity index (χ2v) is 6.30. The second-order valence-electron chi connectivity index (χ2n) is 6.30. The van der Waals surface area contributed by atoms with Gasteiger partial charge in [0.2, 0.25) is 5.43 Å². The van der Waals surface area contributed by atoms with Crippen molar-refractivity contribution in [3.05, 3.63) is 82.1 Å². The summed E-state index contributed by atoms with van der Waals surface area (Å²) >= 11 is 0. The average molecular weight is 355 g/mol. The summed E-state index contributed by atoms with van der Waals surface area (Å²) in [5.74, 6) is -0.00691. The van der Waals surface area contributed by atoms with Crippen LogP contribution in [0.1, 0.15) is 11.3 Å². The number of rotatable bonds is 3. The molecule has 132 valence electrons. The summed E-state index contributed by atoms with van der Waals surface area (Å²) in [6.07, 6.45) is 0. The molecule has 0 unspecified atom stereocenters. The Kier molecular flexibility index (Phi) is 4.01. The minimum atomic E-state index is -0.156. The number of aromatic nitrogens is 1. The quantitative estimate of drug-likeness (QED) is 0.214. The van der Waals surface area contributed by atoms with E-state index in [0.717, 1.165) is 16.3 Å². The number of azo groups is 1. The maximum absolute atomic E-state index is 12.9. The number of pyridine rings is 1. The van der Waals surface area contributed by atoms with Crippen molar-refractivity contribution in [3.8, 4) is 0 Å². The van der Waals surface area contributed by atoms with E-state index >= 15 is 0 Å². The lowest BCUT2D eigenvalue weighted by Crippen LogP contribution is -2.10. The zero-order valence-electron chi connectivity index (χ0n) is 14.7. The highest BCUT2D eigenvalue weighted by molar-refractivity contribution is 6.05. The topological polar surface area (TPSA) is 107 Å². The molecule has 0 spiro atoms. The van der Waals surface area contributed by atoms with E-state index in [1.807, 2.05) is 43.3 Å². The molecule has 0 aliphatic heterocycles. The van der Waals surface area contributed by atoms with Crippen LogP contribution in [-0.4, -0.2) is 10.8 Å². The molecule has 0 aliphatic rings. The number of nitrogens with two attached hydrogens (primary N) is 1. The first-order chi connectivity index (χ1) is 13.0. The third-order valence-corrected chi connectivity index (χ3v) is 4.50. The van der Waals surface area contributed by atoms with Crippen LogP contribution in [0.25, 0.3) is 21.7 Å². The van der Waals surface area contributed by atoms with Crippen molar-refractivity contribution < 1.29 is 0 Å². The number of benzene rings is 3. The summed E-state index contributed by atoms with van der Waals surface area (Å²) in [7, 11) is 0. The molecular weight excluding hydrogens is 338 g/mol. The molecule has 6 nitrogen and oxygen atoms in total. The maximum Gasteiger partial charge on any atom is 0.217 e. The number of H-pyrrole nitrogens is 1. The van der Waals surface area contributed by atoms with Crippen molar-refractivity contribution in [2.45, 2.75) is 6.92 Å². The average Bonchev–Trinajstić information content (AvgIpc) is 2.68. The summed E-state index contributed by atoms with van der Waals surface area (Å²) in [4.78, 5) is 16.2. The Morgan fingerprint density at radius 2 is 1.70 bits per heavy atom. The van der Waals surface area contributed by atoms with Gasteiger partial charge in [-0.1, -0.05) is 30.3 Å². The van der Waals surface area contributed by atoms with Gasteiger partial charge in [0, 0.05) is 22.0 Å². The van der Waals surface area contributed by atoms with Gasteiger partial charge in [0.25, 0.3) is 0 Å². The van der Waals surface area contributed by atoms with Crippen LogP contribution in [0, 0.1) is 12.3 Å². The number of nitrogen functional groups attached to an aromatic ring is 1. The number of hydrogen-bond donors (Lipinski definition) is 3. The Morgan fingerprint density at radius 1 is 0.963 bits per heavy atom. The lowest BCUT2D eigenvalue weighted by atomic mass is 10.1. The van der Waals surface area contributed by atoms with Crippen LogP contribution in [0.3, 0.4) is 0 Å². The van der Waals surface area contributed by atoms with Gasteiger partial charge in [-0.05, 0) is 42.6 Å². The standard InChI is InChI=1S/C21H17N5O/c1-12-18(26-25-15-9-6-14(7-10-15)21(22)23)20(27)17-11-8-13-4-2-3-5-16(13)19(17)24-12/h2-11H,1H3,(H3,22,23)(H,24,27). The van der Waals surface area contributed by atoms with Gasteiger partial charge in [-0.3, -0.25) is 10.2 Å². The zero-order chi connectivity index (χ0) is 19.0. The zero-order valence-corrected chi connectivity index (χ0v) is 14.7. The molecule has 6 heteroatoms. The van der Waals surface area contributed by atoms with Crippen LogP contribution in [0.2, 0.25) is 0 Å². The van der Waals surface area contributed by atoms with E-state index < -0.39 is 0 Å². The van der Waals surface area contributed by atoms with E-state index in [1.54, 1.807) is 24.3 Å². The predicted molar refractivity (Wildman–Crippen MR) is 108 cm³/mol. The van der Waals surface area contributed by atoms with E-state index in [4.69, 9.17) is 11.1 Å². The van der Waals surface area contributed by atoms with Gasteiger partial charge in [-0.2, -0.15) is 5.11 Å². The number of hydrogen-bond acceptors (Lipinski definition) is 4. The SMILES string of the molecule is Cc1[nH]c2c(ccc3ccccc32)c(=O)c1N=Nc1ccc(C(=N)N)cc1. The molecule has 0 saturated carbocycles. The van der Waals surface area contributed by atoms with Gasteiger partial charge < -0.3 is 10.7 Å². The molecule has 0 amide bonds. The highest BCUT2D eigenvalue weighted by atomic mass is 16.1. The lowest BCUT2D eigenvalue weighted by molar-refractivity contribution is 1.15. The molecule has 4 aromatic rings. The highest BCUT2D eigenvalue weighted by Crippen LogP contribution is 2.26. The largest absolute Gasteiger partial charge is 0.384 e. The minimum absolute atomic E-state index is 0.00691.